The standard InChI is InChI=1S/C22H21N5/c1-15-9-11-17(12-10-15)27-22-19(13-25-27)21(23-14-24-22)26-20-8-4-6-16-5-2-3-7-18(16)20/h4,6,8-14H,2-3,5,7H2,1H3,(H,23,24,26). The highest BCUT2D eigenvalue weighted by Crippen LogP contribution is 2.31. The topological polar surface area (TPSA) is 55.6 Å². The molecular formula is C22H21N5. The Kier molecular flexibility index (Phi) is 3.85. The van der Waals surface area contributed by atoms with Gasteiger partial charge in [0.15, 0.2) is 5.65 Å². The molecule has 5 heteroatoms. The molecule has 27 heavy (non-hydrogen) atoms. The Balaban J connectivity index is 1.56. The molecule has 4 aromatic rings. The number of anilines is 2. The van der Waals surface area contributed by atoms with Crippen molar-refractivity contribution in [2.75, 3.05) is 5.32 Å². The van der Waals surface area contributed by atoms with Gasteiger partial charge in [0.25, 0.3) is 0 Å². The van der Waals surface area contributed by atoms with E-state index in [9.17, 15) is 0 Å². The molecule has 0 bridgehead atoms. The summed E-state index contributed by atoms with van der Waals surface area (Å²) in [4.78, 5) is 8.98. The van der Waals surface area contributed by atoms with Gasteiger partial charge in [-0.25, -0.2) is 14.6 Å². The van der Waals surface area contributed by atoms with E-state index >= 15 is 0 Å². The van der Waals surface area contributed by atoms with Crippen molar-refractivity contribution in [1.82, 2.24) is 19.7 Å². The molecule has 0 aliphatic heterocycles. The number of nitrogens with zero attached hydrogens (tertiary/aromatic N) is 4. The van der Waals surface area contributed by atoms with Crippen LogP contribution in [-0.2, 0) is 12.8 Å². The zero-order chi connectivity index (χ0) is 18.2. The van der Waals surface area contributed by atoms with Gasteiger partial charge in [-0.3, -0.25) is 0 Å². The average molecular weight is 355 g/mol. The number of aromatic nitrogens is 4. The quantitative estimate of drug-likeness (QED) is 0.576. The lowest BCUT2D eigenvalue weighted by atomic mass is 9.90. The van der Waals surface area contributed by atoms with Gasteiger partial charge < -0.3 is 5.32 Å². The molecule has 0 saturated heterocycles. The number of nitrogens with one attached hydrogen (secondary N) is 1. The van der Waals surface area contributed by atoms with Crippen LogP contribution in [0.5, 0.6) is 0 Å². The molecule has 2 aromatic heterocycles. The molecule has 0 fully saturated rings. The SMILES string of the molecule is Cc1ccc(-n2ncc3c(Nc4cccc5c4CCCC5)ncnc32)cc1. The summed E-state index contributed by atoms with van der Waals surface area (Å²) in [6.07, 6.45) is 8.25. The Morgan fingerprint density at radius 2 is 1.81 bits per heavy atom. The maximum absolute atomic E-state index is 4.56. The summed E-state index contributed by atoms with van der Waals surface area (Å²) in [6.45, 7) is 2.08. The first-order chi connectivity index (χ1) is 13.3. The van der Waals surface area contributed by atoms with Crippen LogP contribution in [0.1, 0.15) is 29.5 Å². The Bertz CT molecular complexity index is 1110. The van der Waals surface area contributed by atoms with Gasteiger partial charge in [-0.2, -0.15) is 5.10 Å². The monoisotopic (exact) mass is 355 g/mol. The van der Waals surface area contributed by atoms with E-state index in [4.69, 9.17) is 0 Å². The Morgan fingerprint density at radius 1 is 0.963 bits per heavy atom. The molecule has 0 saturated carbocycles. The average Bonchev–Trinajstić information content (AvgIpc) is 3.14. The first-order valence-electron chi connectivity index (χ1n) is 9.43. The highest BCUT2D eigenvalue weighted by Gasteiger charge is 2.16. The smallest absolute Gasteiger partial charge is 0.168 e. The Hall–Kier alpha value is -3.21. The normalized spacial score (nSPS) is 13.5. The zero-order valence-corrected chi connectivity index (χ0v) is 15.3. The van der Waals surface area contributed by atoms with Gasteiger partial charge in [-0.05, 0) is 61.9 Å². The predicted octanol–water partition coefficient (Wildman–Crippen LogP) is 4.75. The summed E-state index contributed by atoms with van der Waals surface area (Å²) in [5.74, 6) is 0.803. The molecule has 1 N–H and O–H groups in total. The van der Waals surface area contributed by atoms with Gasteiger partial charge in [-0.15, -0.1) is 0 Å². The van der Waals surface area contributed by atoms with Crippen LogP contribution >= 0.6 is 0 Å². The number of hydrogen-bond donors (Lipinski definition) is 1. The van der Waals surface area contributed by atoms with E-state index in [0.29, 0.717) is 0 Å². The van der Waals surface area contributed by atoms with Crippen LogP contribution in [-0.4, -0.2) is 19.7 Å². The van der Waals surface area contributed by atoms with E-state index in [1.807, 2.05) is 10.9 Å². The molecule has 2 aromatic carbocycles. The molecule has 1 aliphatic carbocycles. The van der Waals surface area contributed by atoms with Gasteiger partial charge in [0.2, 0.25) is 0 Å². The van der Waals surface area contributed by atoms with E-state index in [2.05, 4.69) is 69.8 Å². The minimum Gasteiger partial charge on any atom is -0.339 e. The highest BCUT2D eigenvalue weighted by atomic mass is 15.3. The van der Waals surface area contributed by atoms with Crippen LogP contribution < -0.4 is 5.32 Å². The van der Waals surface area contributed by atoms with Crippen molar-refractivity contribution < 1.29 is 0 Å². The lowest BCUT2D eigenvalue weighted by molar-refractivity contribution is 0.687. The van der Waals surface area contributed by atoms with Crippen LogP contribution in [0.4, 0.5) is 11.5 Å². The summed E-state index contributed by atoms with van der Waals surface area (Å²) in [5, 5.41) is 9.03. The molecule has 5 nitrogen and oxygen atoms in total. The number of benzene rings is 2. The fraction of sp³-hybridized carbons (Fsp3) is 0.227. The van der Waals surface area contributed by atoms with Crippen molar-refractivity contribution in [2.45, 2.75) is 32.6 Å². The second kappa shape index (κ2) is 6.50. The van der Waals surface area contributed by atoms with E-state index in [1.54, 1.807) is 6.33 Å². The van der Waals surface area contributed by atoms with Gasteiger partial charge in [-0.1, -0.05) is 29.8 Å². The highest BCUT2D eigenvalue weighted by molar-refractivity contribution is 5.89. The third-order valence-electron chi connectivity index (χ3n) is 5.29. The van der Waals surface area contributed by atoms with Gasteiger partial charge in [0, 0.05) is 5.69 Å². The first kappa shape index (κ1) is 16.0. The fourth-order valence-electron chi connectivity index (χ4n) is 3.84. The Labute approximate surface area is 158 Å². The van der Waals surface area contributed by atoms with E-state index in [-0.39, 0.29) is 0 Å². The van der Waals surface area contributed by atoms with Crippen molar-refractivity contribution in [3.63, 3.8) is 0 Å². The number of fused-ring (bicyclic) bond motifs is 2. The van der Waals surface area contributed by atoms with E-state index < -0.39 is 0 Å². The summed E-state index contributed by atoms with van der Waals surface area (Å²) >= 11 is 0. The van der Waals surface area contributed by atoms with Crippen molar-refractivity contribution >= 4 is 22.5 Å². The van der Waals surface area contributed by atoms with Gasteiger partial charge >= 0.3 is 0 Å². The zero-order valence-electron chi connectivity index (χ0n) is 15.3. The number of aryl methyl sites for hydroxylation is 2. The summed E-state index contributed by atoms with van der Waals surface area (Å²) in [5.41, 5.74) is 7.04. The number of hydrogen-bond acceptors (Lipinski definition) is 4. The maximum atomic E-state index is 4.56. The molecule has 1 aliphatic rings. The molecule has 0 atom stereocenters. The van der Waals surface area contributed by atoms with Crippen molar-refractivity contribution in [2.24, 2.45) is 0 Å². The summed E-state index contributed by atoms with van der Waals surface area (Å²) in [7, 11) is 0. The van der Waals surface area contributed by atoms with Gasteiger partial charge in [0.05, 0.1) is 17.3 Å². The minimum absolute atomic E-state index is 0.803. The summed E-state index contributed by atoms with van der Waals surface area (Å²) < 4.78 is 1.86. The maximum Gasteiger partial charge on any atom is 0.168 e. The van der Waals surface area contributed by atoms with Crippen LogP contribution in [0.2, 0.25) is 0 Å². The molecule has 0 unspecified atom stereocenters. The van der Waals surface area contributed by atoms with E-state index in [0.717, 1.165) is 41.1 Å². The predicted molar refractivity (Wildman–Crippen MR) is 108 cm³/mol. The van der Waals surface area contributed by atoms with Crippen molar-refractivity contribution in [3.8, 4) is 5.69 Å². The molecule has 0 spiro atoms. The molecule has 0 amide bonds. The molecule has 2 heterocycles. The van der Waals surface area contributed by atoms with Gasteiger partial charge in [0.1, 0.15) is 12.1 Å². The van der Waals surface area contributed by atoms with Crippen molar-refractivity contribution in [1.29, 1.82) is 0 Å². The van der Waals surface area contributed by atoms with Crippen LogP contribution in [0, 0.1) is 6.92 Å². The molecule has 0 radical (unpaired) electrons. The van der Waals surface area contributed by atoms with Crippen LogP contribution in [0.3, 0.4) is 0 Å². The minimum atomic E-state index is 0.803. The second-order valence-electron chi connectivity index (χ2n) is 7.13. The first-order valence-corrected chi connectivity index (χ1v) is 9.43. The van der Waals surface area contributed by atoms with Crippen molar-refractivity contribution in [3.05, 3.63) is 71.7 Å². The fourth-order valence-corrected chi connectivity index (χ4v) is 3.84. The molecule has 134 valence electrons. The Morgan fingerprint density at radius 3 is 2.70 bits per heavy atom. The molecule has 5 rings (SSSR count). The lowest BCUT2D eigenvalue weighted by Gasteiger charge is -2.20. The lowest BCUT2D eigenvalue weighted by Crippen LogP contribution is -2.07. The van der Waals surface area contributed by atoms with Crippen LogP contribution in [0.25, 0.3) is 16.7 Å². The third-order valence-corrected chi connectivity index (χ3v) is 5.29. The summed E-state index contributed by atoms with van der Waals surface area (Å²) in [6, 6.07) is 14.8. The third kappa shape index (κ3) is 2.85. The van der Waals surface area contributed by atoms with Crippen LogP contribution in [0.15, 0.2) is 55.0 Å². The molecular weight excluding hydrogens is 334 g/mol. The van der Waals surface area contributed by atoms with E-state index in [1.165, 1.54) is 29.5 Å². The largest absolute Gasteiger partial charge is 0.339 e. The second-order valence-corrected chi connectivity index (χ2v) is 7.13. The number of rotatable bonds is 3.